The van der Waals surface area contributed by atoms with Crippen molar-refractivity contribution in [2.75, 3.05) is 13.1 Å². The molecule has 0 spiro atoms. The minimum atomic E-state index is -0.939. The van der Waals surface area contributed by atoms with Gasteiger partial charge in [-0.25, -0.2) is 9.18 Å². The molecule has 1 heterocycles. The molecule has 3 atom stereocenters. The lowest BCUT2D eigenvalue weighted by atomic mass is 9.75. The highest BCUT2D eigenvalue weighted by molar-refractivity contribution is 6.48. The predicted molar refractivity (Wildman–Crippen MR) is 112 cm³/mol. The zero-order chi connectivity index (χ0) is 21.3. The lowest BCUT2D eigenvalue weighted by molar-refractivity contribution is 0.0176. The molecule has 0 saturated carbocycles. The van der Waals surface area contributed by atoms with Crippen LogP contribution in [0.5, 0.6) is 0 Å². The largest absolute Gasteiger partial charge is 0.444 e. The number of amides is 1. The Kier molecular flexibility index (Phi) is 6.97. The van der Waals surface area contributed by atoms with Crippen molar-refractivity contribution in [3.8, 4) is 0 Å². The number of hydrogen-bond donors (Lipinski definition) is 0. The van der Waals surface area contributed by atoms with E-state index in [4.69, 9.17) is 9.16 Å². The Morgan fingerprint density at radius 1 is 1.18 bits per heavy atom. The van der Waals surface area contributed by atoms with Crippen molar-refractivity contribution in [1.82, 2.24) is 4.90 Å². The molecule has 0 aromatic heterocycles. The molecule has 0 aliphatic carbocycles. The van der Waals surface area contributed by atoms with Gasteiger partial charge in [0, 0.05) is 24.9 Å². The lowest BCUT2D eigenvalue weighted by Gasteiger charge is -2.39. The summed E-state index contributed by atoms with van der Waals surface area (Å²) < 4.78 is 26.0. The number of ether oxygens (including phenoxy) is 1. The third-order valence-corrected chi connectivity index (χ3v) is 5.62. The van der Waals surface area contributed by atoms with Crippen LogP contribution in [0.25, 0.3) is 0 Å². The lowest BCUT2D eigenvalue weighted by Crippen LogP contribution is -2.43. The van der Waals surface area contributed by atoms with Crippen LogP contribution in [0.15, 0.2) is 24.3 Å². The zero-order valence-electron chi connectivity index (χ0n) is 18.5. The van der Waals surface area contributed by atoms with Gasteiger partial charge in [-0.2, -0.15) is 0 Å². The summed E-state index contributed by atoms with van der Waals surface area (Å²) in [5, 5.41) is 0. The van der Waals surface area contributed by atoms with E-state index in [0.717, 1.165) is 5.56 Å². The molecular weight excluding hydrogens is 373 g/mol. The molecule has 1 amide bonds. The number of hydrogen-bond acceptors (Lipinski definition) is 3. The molecule has 6 heteroatoms. The first-order valence-corrected chi connectivity index (χ1v) is 12.4. The second-order valence-electron chi connectivity index (χ2n) is 10.0. The van der Waals surface area contributed by atoms with Crippen molar-refractivity contribution in [2.24, 2.45) is 11.3 Å². The highest BCUT2D eigenvalue weighted by Crippen LogP contribution is 2.42. The van der Waals surface area contributed by atoms with Crippen LogP contribution in [0.4, 0.5) is 9.18 Å². The number of nitrogens with zero attached hydrogens (tertiary/aromatic N) is 1. The smallest absolute Gasteiger partial charge is 0.410 e. The summed E-state index contributed by atoms with van der Waals surface area (Å²) in [5.74, 6) is -0.168. The molecule has 0 N–H and O–H groups in total. The maximum absolute atomic E-state index is 13.9. The van der Waals surface area contributed by atoms with Gasteiger partial charge in [0.25, 0.3) is 0 Å². The zero-order valence-corrected chi connectivity index (χ0v) is 19.5. The summed E-state index contributed by atoms with van der Waals surface area (Å²) in [5.41, 5.74) is 0.268. The molecule has 1 aromatic rings. The Labute approximate surface area is 171 Å². The maximum Gasteiger partial charge on any atom is 0.410 e. The van der Waals surface area contributed by atoms with Gasteiger partial charge in [0.2, 0.25) is 9.04 Å². The van der Waals surface area contributed by atoms with E-state index < -0.39 is 14.6 Å². The van der Waals surface area contributed by atoms with E-state index in [2.05, 4.69) is 33.9 Å². The first kappa shape index (κ1) is 22.9. The number of halogens is 1. The molecule has 28 heavy (non-hydrogen) atoms. The third-order valence-electron chi connectivity index (χ3n) is 4.90. The van der Waals surface area contributed by atoms with Gasteiger partial charge in [-0.15, -0.1) is 0 Å². The molecule has 1 radical (unpaired) electrons. The van der Waals surface area contributed by atoms with Gasteiger partial charge in [-0.1, -0.05) is 32.9 Å². The highest BCUT2D eigenvalue weighted by atomic mass is 28.3. The minimum absolute atomic E-state index is 0.00814. The van der Waals surface area contributed by atoms with Crippen LogP contribution in [-0.4, -0.2) is 44.8 Å². The van der Waals surface area contributed by atoms with Gasteiger partial charge in [-0.05, 0) is 57.0 Å². The van der Waals surface area contributed by atoms with Crippen molar-refractivity contribution < 1.29 is 18.3 Å². The number of benzene rings is 1. The Morgan fingerprint density at radius 2 is 1.82 bits per heavy atom. The van der Waals surface area contributed by atoms with Crippen molar-refractivity contribution in [1.29, 1.82) is 0 Å². The standard InChI is InChI=1S/C22H35FNO3Si/c1-21(2,3)19(27-28(7)8)18-14-24(20(25)26-22(4,5)6)13-17(18)15-10-9-11-16(23)12-15/h9-12,17-19H,13-14H2,1-8H3/t17-,18+,19?/m1/s1. The monoisotopic (exact) mass is 408 g/mol. The molecular formula is C22H35FNO3Si. The normalized spacial score (nSPS) is 21.9. The second-order valence-corrected chi connectivity index (χ2v) is 12.1. The molecule has 1 aromatic carbocycles. The van der Waals surface area contributed by atoms with Crippen molar-refractivity contribution in [3.05, 3.63) is 35.6 Å². The molecule has 1 unspecified atom stereocenters. The molecule has 1 saturated heterocycles. The Balaban J connectivity index is 2.38. The van der Waals surface area contributed by atoms with Crippen LogP contribution in [0.2, 0.25) is 13.1 Å². The van der Waals surface area contributed by atoms with Gasteiger partial charge in [0.1, 0.15) is 11.4 Å². The van der Waals surface area contributed by atoms with Gasteiger partial charge in [-0.3, -0.25) is 0 Å². The van der Waals surface area contributed by atoms with E-state index >= 15 is 0 Å². The highest BCUT2D eigenvalue weighted by Gasteiger charge is 2.46. The van der Waals surface area contributed by atoms with Gasteiger partial charge >= 0.3 is 6.09 Å². The van der Waals surface area contributed by atoms with Gasteiger partial charge < -0.3 is 14.1 Å². The number of rotatable bonds is 4. The molecule has 4 nitrogen and oxygen atoms in total. The summed E-state index contributed by atoms with van der Waals surface area (Å²) >= 11 is 0. The maximum atomic E-state index is 13.9. The molecule has 1 aliphatic heterocycles. The third kappa shape index (κ3) is 6.05. The molecule has 157 valence electrons. The van der Waals surface area contributed by atoms with Gasteiger partial charge in [0.15, 0.2) is 0 Å². The molecule has 1 aliphatic rings. The van der Waals surface area contributed by atoms with E-state index in [1.54, 1.807) is 17.0 Å². The fourth-order valence-corrected chi connectivity index (χ4v) is 4.90. The quantitative estimate of drug-likeness (QED) is 0.621. The summed E-state index contributed by atoms with van der Waals surface area (Å²) in [6.45, 7) is 17.4. The van der Waals surface area contributed by atoms with Crippen LogP contribution < -0.4 is 0 Å². The number of carbonyl (C=O) groups is 1. The van der Waals surface area contributed by atoms with E-state index in [9.17, 15) is 9.18 Å². The summed E-state index contributed by atoms with van der Waals surface area (Å²) in [6.07, 6.45) is -0.348. The average molecular weight is 409 g/mol. The van der Waals surface area contributed by atoms with Crippen molar-refractivity contribution in [2.45, 2.75) is 72.3 Å². The summed E-state index contributed by atoms with van der Waals surface area (Å²) in [6, 6.07) is 6.72. The average Bonchev–Trinajstić information content (AvgIpc) is 2.94. The topological polar surface area (TPSA) is 38.8 Å². The van der Waals surface area contributed by atoms with Crippen LogP contribution in [0.3, 0.4) is 0 Å². The Bertz CT molecular complexity index is 681. The van der Waals surface area contributed by atoms with E-state index in [-0.39, 0.29) is 35.3 Å². The molecule has 0 bridgehead atoms. The number of likely N-dealkylation sites (tertiary alicyclic amines) is 1. The summed E-state index contributed by atoms with van der Waals surface area (Å²) in [7, 11) is -0.939. The minimum Gasteiger partial charge on any atom is -0.444 e. The van der Waals surface area contributed by atoms with Crippen LogP contribution in [0.1, 0.15) is 53.0 Å². The van der Waals surface area contributed by atoms with E-state index in [1.807, 2.05) is 26.8 Å². The molecule has 2 rings (SSSR count). The van der Waals surface area contributed by atoms with Crippen LogP contribution in [-0.2, 0) is 9.16 Å². The van der Waals surface area contributed by atoms with E-state index in [0.29, 0.717) is 13.1 Å². The van der Waals surface area contributed by atoms with Crippen LogP contribution >= 0.6 is 0 Å². The Hall–Kier alpha value is -1.40. The first-order valence-electron chi connectivity index (χ1n) is 9.98. The van der Waals surface area contributed by atoms with Crippen molar-refractivity contribution >= 4 is 15.1 Å². The fourth-order valence-electron chi connectivity index (χ4n) is 3.86. The van der Waals surface area contributed by atoms with Crippen LogP contribution in [0, 0.1) is 17.2 Å². The first-order chi connectivity index (χ1) is 12.8. The number of carbonyl (C=O) groups excluding carboxylic acids is 1. The second kappa shape index (κ2) is 8.53. The van der Waals surface area contributed by atoms with Crippen molar-refractivity contribution in [3.63, 3.8) is 0 Å². The Morgan fingerprint density at radius 3 is 2.32 bits per heavy atom. The van der Waals surface area contributed by atoms with Gasteiger partial charge in [0.05, 0.1) is 6.10 Å². The predicted octanol–water partition coefficient (Wildman–Crippen LogP) is 5.46. The summed E-state index contributed by atoms with van der Waals surface area (Å²) in [4.78, 5) is 14.5. The fraction of sp³-hybridized carbons (Fsp3) is 0.682. The molecule has 1 fully saturated rings. The van der Waals surface area contributed by atoms with E-state index in [1.165, 1.54) is 6.07 Å². The SMILES string of the molecule is C[Si](C)OC([C@H]1CN(C(=O)OC(C)(C)C)C[C@@H]1c1cccc(F)c1)C(C)(C)C.